The number of urea groups is 1. The summed E-state index contributed by atoms with van der Waals surface area (Å²) in [7, 11) is -3.31. The van der Waals surface area contributed by atoms with Gasteiger partial charge in [0.1, 0.15) is 13.2 Å². The average molecular weight is 390 g/mol. The number of benzene rings is 1. The first-order chi connectivity index (χ1) is 11.8. The molecule has 2 amide bonds. The third-order valence-electron chi connectivity index (χ3n) is 3.96. The fourth-order valence-corrected chi connectivity index (χ4v) is 3.91. The molecule has 2 N–H and O–H groups in total. The Balaban J connectivity index is 1.67. The van der Waals surface area contributed by atoms with Crippen molar-refractivity contribution in [3.05, 3.63) is 17.2 Å². The number of carbonyl (C=O) groups excluding carboxylic acids is 1. The van der Waals surface area contributed by atoms with E-state index in [1.807, 2.05) is 0 Å². The SMILES string of the molecule is CS(=O)(=O)NC1CCCN(C(=O)Nc2cc3c(cc2Cl)OCCO3)C1. The summed E-state index contributed by atoms with van der Waals surface area (Å²) in [5, 5.41) is 3.10. The van der Waals surface area contributed by atoms with E-state index in [1.54, 1.807) is 17.0 Å². The molecule has 10 heteroatoms. The van der Waals surface area contributed by atoms with Crippen LogP contribution >= 0.6 is 11.6 Å². The van der Waals surface area contributed by atoms with Crippen molar-refractivity contribution >= 4 is 33.3 Å². The number of likely N-dealkylation sites (tertiary alicyclic amines) is 1. The predicted octanol–water partition coefficient (Wildman–Crippen LogP) is 1.66. The molecule has 8 nitrogen and oxygen atoms in total. The van der Waals surface area contributed by atoms with Gasteiger partial charge in [-0.1, -0.05) is 11.6 Å². The van der Waals surface area contributed by atoms with Crippen LogP contribution in [0.4, 0.5) is 10.5 Å². The minimum atomic E-state index is -3.31. The van der Waals surface area contributed by atoms with E-state index in [2.05, 4.69) is 10.0 Å². The lowest BCUT2D eigenvalue weighted by molar-refractivity contribution is 0.171. The minimum Gasteiger partial charge on any atom is -0.486 e. The number of nitrogens with one attached hydrogen (secondary N) is 2. The lowest BCUT2D eigenvalue weighted by Gasteiger charge is -2.32. The van der Waals surface area contributed by atoms with Gasteiger partial charge in [0, 0.05) is 31.3 Å². The summed E-state index contributed by atoms with van der Waals surface area (Å²) in [5.41, 5.74) is 0.425. The Morgan fingerprint density at radius 3 is 2.64 bits per heavy atom. The summed E-state index contributed by atoms with van der Waals surface area (Å²) in [6, 6.07) is 2.62. The number of hydrogen-bond donors (Lipinski definition) is 2. The van der Waals surface area contributed by atoms with Crippen molar-refractivity contribution in [1.82, 2.24) is 9.62 Å². The number of halogens is 1. The summed E-state index contributed by atoms with van der Waals surface area (Å²) in [6.07, 6.45) is 2.53. The van der Waals surface area contributed by atoms with Gasteiger partial charge in [0.25, 0.3) is 0 Å². The highest BCUT2D eigenvalue weighted by molar-refractivity contribution is 7.88. The van der Waals surface area contributed by atoms with Crippen molar-refractivity contribution in [2.45, 2.75) is 18.9 Å². The van der Waals surface area contributed by atoms with Gasteiger partial charge in [-0.3, -0.25) is 0 Å². The van der Waals surface area contributed by atoms with Crippen molar-refractivity contribution in [3.63, 3.8) is 0 Å². The van der Waals surface area contributed by atoms with Crippen LogP contribution in [-0.4, -0.2) is 57.9 Å². The molecule has 1 unspecified atom stereocenters. The first-order valence-electron chi connectivity index (χ1n) is 7.94. The zero-order chi connectivity index (χ0) is 18.0. The van der Waals surface area contributed by atoms with Crippen molar-refractivity contribution in [2.75, 3.05) is 37.9 Å². The zero-order valence-electron chi connectivity index (χ0n) is 13.7. The number of rotatable bonds is 3. The maximum absolute atomic E-state index is 12.5. The van der Waals surface area contributed by atoms with E-state index in [9.17, 15) is 13.2 Å². The van der Waals surface area contributed by atoms with E-state index < -0.39 is 10.0 Å². The summed E-state index contributed by atoms with van der Waals surface area (Å²) in [5.74, 6) is 1.07. The van der Waals surface area contributed by atoms with Crippen molar-refractivity contribution in [2.24, 2.45) is 0 Å². The highest BCUT2D eigenvalue weighted by atomic mass is 35.5. The van der Waals surface area contributed by atoms with Gasteiger partial charge in [0.15, 0.2) is 11.5 Å². The molecule has 0 aromatic heterocycles. The molecule has 0 aliphatic carbocycles. The van der Waals surface area contributed by atoms with Crippen LogP contribution in [-0.2, 0) is 10.0 Å². The fourth-order valence-electron chi connectivity index (χ4n) is 2.91. The molecule has 1 atom stereocenters. The average Bonchev–Trinajstić information content (AvgIpc) is 2.54. The van der Waals surface area contributed by atoms with Gasteiger partial charge in [-0.15, -0.1) is 0 Å². The molecule has 2 heterocycles. The molecule has 3 rings (SSSR count). The molecular weight excluding hydrogens is 370 g/mol. The third kappa shape index (κ3) is 4.68. The number of carbonyl (C=O) groups is 1. The van der Waals surface area contributed by atoms with E-state index in [-0.39, 0.29) is 12.1 Å². The Bertz CT molecular complexity index is 771. The Morgan fingerprint density at radius 2 is 1.96 bits per heavy atom. The topological polar surface area (TPSA) is 97.0 Å². The van der Waals surface area contributed by atoms with E-state index in [0.717, 1.165) is 12.7 Å². The first-order valence-corrected chi connectivity index (χ1v) is 10.2. The first kappa shape index (κ1) is 18.1. The van der Waals surface area contributed by atoms with Crippen molar-refractivity contribution < 1.29 is 22.7 Å². The van der Waals surface area contributed by atoms with Crippen LogP contribution in [0.5, 0.6) is 11.5 Å². The largest absolute Gasteiger partial charge is 0.486 e. The fraction of sp³-hybridized carbons (Fsp3) is 0.533. The second-order valence-electron chi connectivity index (χ2n) is 6.08. The molecule has 138 valence electrons. The highest BCUT2D eigenvalue weighted by Crippen LogP contribution is 2.38. The number of anilines is 1. The maximum Gasteiger partial charge on any atom is 0.321 e. The van der Waals surface area contributed by atoms with Gasteiger partial charge in [-0.25, -0.2) is 17.9 Å². The standard InChI is InChI=1S/C15H20ClN3O5S/c1-25(21,22)18-10-3-2-4-19(9-10)15(20)17-12-8-14-13(7-11(12)16)23-5-6-24-14/h7-8,10,18H,2-6,9H2,1H3,(H,17,20). The Labute approximate surface area is 151 Å². The number of amides is 2. The van der Waals surface area contributed by atoms with Gasteiger partial charge in [0.2, 0.25) is 10.0 Å². The molecule has 0 bridgehead atoms. The Kier molecular flexibility index (Phi) is 5.26. The molecule has 25 heavy (non-hydrogen) atoms. The molecular formula is C15H20ClN3O5S. The van der Waals surface area contributed by atoms with Gasteiger partial charge in [-0.2, -0.15) is 0 Å². The van der Waals surface area contributed by atoms with E-state index in [4.69, 9.17) is 21.1 Å². The lowest BCUT2D eigenvalue weighted by Crippen LogP contribution is -2.50. The third-order valence-corrected chi connectivity index (χ3v) is 5.04. The highest BCUT2D eigenvalue weighted by Gasteiger charge is 2.26. The number of ether oxygens (including phenoxy) is 2. The molecule has 0 saturated carbocycles. The number of fused-ring (bicyclic) bond motifs is 1. The summed E-state index contributed by atoms with van der Waals surface area (Å²) in [4.78, 5) is 14.1. The second-order valence-corrected chi connectivity index (χ2v) is 8.27. The van der Waals surface area contributed by atoms with Gasteiger partial charge < -0.3 is 19.7 Å². The Hall–Kier alpha value is -1.71. The van der Waals surface area contributed by atoms with Crippen LogP contribution in [0.15, 0.2) is 12.1 Å². The lowest BCUT2D eigenvalue weighted by atomic mass is 10.1. The molecule has 2 aliphatic heterocycles. The van der Waals surface area contributed by atoms with Gasteiger partial charge >= 0.3 is 6.03 Å². The molecule has 1 fully saturated rings. The van der Waals surface area contributed by atoms with E-state index in [0.29, 0.717) is 54.9 Å². The normalized spacial score (nSPS) is 20.2. The monoisotopic (exact) mass is 389 g/mol. The molecule has 0 radical (unpaired) electrons. The quantitative estimate of drug-likeness (QED) is 0.819. The molecule has 1 aromatic rings. The molecule has 0 spiro atoms. The van der Waals surface area contributed by atoms with Crippen LogP contribution in [0, 0.1) is 0 Å². The second kappa shape index (κ2) is 7.27. The number of piperidine rings is 1. The van der Waals surface area contributed by atoms with Crippen LogP contribution in [0.3, 0.4) is 0 Å². The van der Waals surface area contributed by atoms with Crippen LogP contribution < -0.4 is 19.5 Å². The van der Waals surface area contributed by atoms with Crippen molar-refractivity contribution in [3.8, 4) is 11.5 Å². The number of hydrogen-bond acceptors (Lipinski definition) is 5. The van der Waals surface area contributed by atoms with E-state index >= 15 is 0 Å². The Morgan fingerprint density at radius 1 is 1.28 bits per heavy atom. The number of nitrogens with zero attached hydrogens (tertiary/aromatic N) is 1. The minimum absolute atomic E-state index is 0.287. The molecule has 2 aliphatic rings. The van der Waals surface area contributed by atoms with Crippen LogP contribution in [0.25, 0.3) is 0 Å². The zero-order valence-corrected chi connectivity index (χ0v) is 15.3. The van der Waals surface area contributed by atoms with Gasteiger partial charge in [0.05, 0.1) is 17.0 Å². The van der Waals surface area contributed by atoms with Gasteiger partial charge in [-0.05, 0) is 12.8 Å². The van der Waals surface area contributed by atoms with Crippen LogP contribution in [0.2, 0.25) is 5.02 Å². The van der Waals surface area contributed by atoms with Crippen molar-refractivity contribution in [1.29, 1.82) is 0 Å². The smallest absolute Gasteiger partial charge is 0.321 e. The summed E-state index contributed by atoms with van der Waals surface area (Å²) in [6.45, 7) is 1.75. The summed E-state index contributed by atoms with van der Waals surface area (Å²) < 4.78 is 36.2. The maximum atomic E-state index is 12.5. The van der Waals surface area contributed by atoms with E-state index in [1.165, 1.54) is 0 Å². The number of sulfonamides is 1. The predicted molar refractivity (Wildman–Crippen MR) is 94.0 cm³/mol. The molecule has 1 saturated heterocycles. The summed E-state index contributed by atoms with van der Waals surface area (Å²) >= 11 is 6.20. The van der Waals surface area contributed by atoms with Crippen LogP contribution in [0.1, 0.15) is 12.8 Å². The molecule has 1 aromatic carbocycles.